The topological polar surface area (TPSA) is 127 Å². The lowest BCUT2D eigenvalue weighted by atomic mass is 10.1. The Kier molecular flexibility index (Phi) is 5.64. The van der Waals surface area contributed by atoms with Crippen LogP contribution in [0.25, 0.3) is 16.8 Å². The summed E-state index contributed by atoms with van der Waals surface area (Å²) >= 11 is 0. The summed E-state index contributed by atoms with van der Waals surface area (Å²) in [5, 5.41) is 19.3. The second kappa shape index (κ2) is 8.02. The predicted molar refractivity (Wildman–Crippen MR) is 101 cm³/mol. The van der Waals surface area contributed by atoms with Crippen LogP contribution in [0.2, 0.25) is 0 Å². The Bertz CT molecular complexity index is 1110. The van der Waals surface area contributed by atoms with Crippen LogP contribution in [0.4, 0.5) is 19.1 Å². The Morgan fingerprint density at radius 2 is 2.10 bits per heavy atom. The van der Waals surface area contributed by atoms with E-state index in [9.17, 15) is 18.0 Å². The Morgan fingerprint density at radius 1 is 1.37 bits per heavy atom. The summed E-state index contributed by atoms with van der Waals surface area (Å²) in [4.78, 5) is 16.8. The number of fused-ring (bicyclic) bond motifs is 1. The van der Waals surface area contributed by atoms with Gasteiger partial charge in [-0.2, -0.15) is 28.5 Å². The van der Waals surface area contributed by atoms with Crippen LogP contribution in [0.15, 0.2) is 24.5 Å². The molecule has 158 valence electrons. The Hall–Kier alpha value is -3.62. The van der Waals surface area contributed by atoms with E-state index < -0.39 is 24.5 Å². The minimum Gasteiger partial charge on any atom is -0.366 e. The van der Waals surface area contributed by atoms with E-state index in [1.165, 1.54) is 35.1 Å². The zero-order chi connectivity index (χ0) is 22.1. The molecule has 0 spiro atoms. The number of carbonyl (C=O) groups is 1. The average Bonchev–Trinajstić information content (AvgIpc) is 3.29. The van der Waals surface area contributed by atoms with Crippen molar-refractivity contribution < 1.29 is 18.0 Å². The molecule has 3 aromatic rings. The molecule has 0 fully saturated rings. The van der Waals surface area contributed by atoms with Crippen LogP contribution in [0, 0.1) is 11.3 Å². The number of nitrogens with one attached hydrogen (secondary N) is 1. The van der Waals surface area contributed by atoms with Crippen molar-refractivity contribution in [1.29, 1.82) is 5.26 Å². The van der Waals surface area contributed by atoms with E-state index in [1.807, 2.05) is 13.8 Å². The standard InChI is InChI=1S/C18H19F3N8O/c1-3-10(2)25-16(30)13-6-11(7-15-26-17(23)27-29(13)15)12-8-24-28(9-12)14(4-5-22)18(19,20)21/h6-10,14H,3-4H2,1-2H3,(H2,23,27)(H,25,30)/t10-,14?/m0/s1. The van der Waals surface area contributed by atoms with Crippen molar-refractivity contribution in [2.75, 3.05) is 5.73 Å². The number of nitrogen functional groups attached to an aromatic ring is 1. The molecule has 0 bridgehead atoms. The molecule has 0 aliphatic rings. The molecule has 0 aliphatic heterocycles. The molecule has 1 amide bonds. The quantitative estimate of drug-likeness (QED) is 0.631. The van der Waals surface area contributed by atoms with Crippen LogP contribution >= 0.6 is 0 Å². The molecule has 1 unspecified atom stereocenters. The van der Waals surface area contributed by atoms with E-state index in [0.29, 0.717) is 22.2 Å². The highest BCUT2D eigenvalue weighted by Crippen LogP contribution is 2.34. The highest BCUT2D eigenvalue weighted by molar-refractivity contribution is 5.95. The van der Waals surface area contributed by atoms with Gasteiger partial charge in [0.05, 0.1) is 18.7 Å². The van der Waals surface area contributed by atoms with Crippen LogP contribution in [0.1, 0.15) is 43.2 Å². The molecule has 3 aromatic heterocycles. The number of hydrogen-bond acceptors (Lipinski definition) is 6. The number of carbonyl (C=O) groups excluding carboxylic acids is 1. The summed E-state index contributed by atoms with van der Waals surface area (Å²) in [6.45, 7) is 3.75. The molecule has 12 heteroatoms. The number of pyridine rings is 1. The Morgan fingerprint density at radius 3 is 2.73 bits per heavy atom. The van der Waals surface area contributed by atoms with Crippen LogP contribution < -0.4 is 11.1 Å². The first-order valence-corrected chi connectivity index (χ1v) is 9.09. The number of halogens is 3. The summed E-state index contributed by atoms with van der Waals surface area (Å²) in [6, 6.07) is 2.37. The first-order valence-electron chi connectivity index (χ1n) is 9.09. The van der Waals surface area contributed by atoms with Gasteiger partial charge in [0.15, 0.2) is 11.7 Å². The zero-order valence-corrected chi connectivity index (χ0v) is 16.2. The molecule has 3 N–H and O–H groups in total. The fraction of sp³-hybridized carbons (Fsp3) is 0.389. The third kappa shape index (κ3) is 4.19. The van der Waals surface area contributed by atoms with Gasteiger partial charge in [-0.3, -0.25) is 9.48 Å². The molecular weight excluding hydrogens is 401 g/mol. The SMILES string of the molecule is CC[C@H](C)NC(=O)c1cc(-c2cnn(C(CC#N)C(F)(F)F)c2)cc2nc(N)nn12. The number of alkyl halides is 3. The molecule has 9 nitrogen and oxygen atoms in total. The van der Waals surface area contributed by atoms with Gasteiger partial charge in [0.25, 0.3) is 5.91 Å². The second-order valence-electron chi connectivity index (χ2n) is 6.78. The number of rotatable bonds is 6. The summed E-state index contributed by atoms with van der Waals surface area (Å²) in [5.74, 6) is -0.474. The number of amides is 1. The van der Waals surface area contributed by atoms with Gasteiger partial charge >= 0.3 is 6.18 Å². The lowest BCUT2D eigenvalue weighted by Crippen LogP contribution is -2.33. The smallest absolute Gasteiger partial charge is 0.366 e. The highest BCUT2D eigenvalue weighted by atomic mass is 19.4. The summed E-state index contributed by atoms with van der Waals surface area (Å²) < 4.78 is 41.7. The second-order valence-corrected chi connectivity index (χ2v) is 6.78. The van der Waals surface area contributed by atoms with Crippen molar-refractivity contribution in [2.24, 2.45) is 0 Å². The molecule has 3 heterocycles. The van der Waals surface area contributed by atoms with Crippen molar-refractivity contribution in [1.82, 2.24) is 29.7 Å². The van der Waals surface area contributed by atoms with Gasteiger partial charge in [-0.05, 0) is 31.0 Å². The fourth-order valence-electron chi connectivity index (χ4n) is 2.83. The lowest BCUT2D eigenvalue weighted by molar-refractivity contribution is -0.169. The maximum absolute atomic E-state index is 13.2. The molecule has 3 rings (SSSR count). The van der Waals surface area contributed by atoms with Gasteiger partial charge in [0, 0.05) is 17.8 Å². The number of anilines is 1. The van der Waals surface area contributed by atoms with E-state index in [0.717, 1.165) is 0 Å². The van der Waals surface area contributed by atoms with E-state index in [4.69, 9.17) is 11.0 Å². The number of nitrogens with two attached hydrogens (primary N) is 1. The van der Waals surface area contributed by atoms with Crippen molar-refractivity contribution in [2.45, 2.75) is 44.9 Å². The normalized spacial score (nSPS) is 13.7. The first-order chi connectivity index (χ1) is 14.1. The minimum atomic E-state index is -4.63. The molecule has 0 aliphatic carbocycles. The van der Waals surface area contributed by atoms with Crippen molar-refractivity contribution in [3.8, 4) is 17.2 Å². The van der Waals surface area contributed by atoms with Gasteiger partial charge in [0.2, 0.25) is 5.95 Å². The Labute approximate surface area is 169 Å². The van der Waals surface area contributed by atoms with E-state index in [2.05, 4.69) is 20.5 Å². The predicted octanol–water partition coefficient (Wildman–Crippen LogP) is 2.72. The largest absolute Gasteiger partial charge is 0.411 e. The lowest BCUT2D eigenvalue weighted by Gasteiger charge is -2.17. The average molecular weight is 420 g/mol. The van der Waals surface area contributed by atoms with E-state index >= 15 is 0 Å². The molecule has 0 radical (unpaired) electrons. The number of nitrogens with zero attached hydrogens (tertiary/aromatic N) is 6. The van der Waals surface area contributed by atoms with Crippen LogP contribution in [0.5, 0.6) is 0 Å². The minimum absolute atomic E-state index is 0.0495. The number of nitriles is 1. The third-order valence-electron chi connectivity index (χ3n) is 4.59. The van der Waals surface area contributed by atoms with Crippen molar-refractivity contribution >= 4 is 17.5 Å². The van der Waals surface area contributed by atoms with Crippen LogP contribution in [-0.2, 0) is 0 Å². The van der Waals surface area contributed by atoms with Gasteiger partial charge in [-0.15, -0.1) is 5.10 Å². The summed E-state index contributed by atoms with van der Waals surface area (Å²) in [5.41, 5.74) is 6.78. The monoisotopic (exact) mass is 420 g/mol. The van der Waals surface area contributed by atoms with Crippen LogP contribution in [-0.4, -0.2) is 42.5 Å². The maximum atomic E-state index is 13.2. The zero-order valence-electron chi connectivity index (χ0n) is 16.2. The van der Waals surface area contributed by atoms with Gasteiger partial charge in [-0.25, -0.2) is 4.52 Å². The first kappa shape index (κ1) is 21.1. The fourth-order valence-corrected chi connectivity index (χ4v) is 2.83. The van der Waals surface area contributed by atoms with Crippen LogP contribution in [0.3, 0.4) is 0 Å². The molecule has 30 heavy (non-hydrogen) atoms. The van der Waals surface area contributed by atoms with Crippen molar-refractivity contribution in [3.63, 3.8) is 0 Å². The van der Waals surface area contributed by atoms with Crippen molar-refractivity contribution in [3.05, 3.63) is 30.2 Å². The maximum Gasteiger partial charge on any atom is 0.411 e. The molecule has 0 aromatic carbocycles. The van der Waals surface area contributed by atoms with E-state index in [-0.39, 0.29) is 23.3 Å². The van der Waals surface area contributed by atoms with Gasteiger partial charge in [0.1, 0.15) is 5.69 Å². The van der Waals surface area contributed by atoms with Gasteiger partial charge in [-0.1, -0.05) is 6.92 Å². The summed E-state index contributed by atoms with van der Waals surface area (Å²) in [6.07, 6.45) is -2.29. The number of hydrogen-bond donors (Lipinski definition) is 2. The third-order valence-corrected chi connectivity index (χ3v) is 4.59. The Balaban J connectivity index is 2.06. The highest BCUT2D eigenvalue weighted by Gasteiger charge is 2.41. The molecule has 2 atom stereocenters. The summed E-state index contributed by atoms with van der Waals surface area (Å²) in [7, 11) is 0. The van der Waals surface area contributed by atoms with E-state index in [1.54, 1.807) is 0 Å². The molecule has 0 saturated heterocycles. The molecule has 0 saturated carbocycles. The number of aromatic nitrogens is 5. The molecular formula is C18H19F3N8O. The van der Waals surface area contributed by atoms with Gasteiger partial charge < -0.3 is 11.1 Å².